The molecule has 1 aromatic rings. The van der Waals surface area contributed by atoms with Crippen LogP contribution in [0.5, 0.6) is 5.75 Å². The number of aromatic nitrogens is 1. The molecule has 14 heavy (non-hydrogen) atoms. The Hall–Kier alpha value is -1.09. The highest BCUT2D eigenvalue weighted by Crippen LogP contribution is 2.27. The molecule has 1 saturated carbocycles. The second-order valence-corrected chi connectivity index (χ2v) is 3.76. The molecule has 0 aromatic carbocycles. The summed E-state index contributed by atoms with van der Waals surface area (Å²) in [6, 6.07) is 2.00. The van der Waals surface area contributed by atoms with Crippen molar-refractivity contribution in [3.05, 3.63) is 24.0 Å². The van der Waals surface area contributed by atoms with Crippen molar-refractivity contribution in [3.8, 4) is 5.75 Å². The van der Waals surface area contributed by atoms with Gasteiger partial charge < -0.3 is 10.1 Å². The van der Waals surface area contributed by atoms with Gasteiger partial charge in [-0.2, -0.15) is 0 Å². The summed E-state index contributed by atoms with van der Waals surface area (Å²) in [5, 5.41) is 3.43. The largest absolute Gasteiger partial charge is 0.495 e. The normalized spacial score (nSPS) is 15.5. The van der Waals surface area contributed by atoms with E-state index in [-0.39, 0.29) is 0 Å². The summed E-state index contributed by atoms with van der Waals surface area (Å²) in [6.07, 6.45) is 6.34. The summed E-state index contributed by atoms with van der Waals surface area (Å²) in [4.78, 5) is 4.02. The van der Waals surface area contributed by atoms with Gasteiger partial charge in [0.15, 0.2) is 0 Å². The molecule has 76 valence electrons. The Morgan fingerprint density at radius 1 is 1.57 bits per heavy atom. The van der Waals surface area contributed by atoms with E-state index in [1.165, 1.54) is 18.4 Å². The molecule has 3 nitrogen and oxygen atoms in total. The first-order valence-corrected chi connectivity index (χ1v) is 5.07. The van der Waals surface area contributed by atoms with E-state index in [9.17, 15) is 0 Å². The standard InChI is InChI=1S/C11H16N2O/c1-14-11-8-12-5-4-10(11)7-13-6-9-2-3-9/h4-5,8-9,13H,2-3,6-7H2,1H3. The number of nitrogens with zero attached hydrogens (tertiary/aromatic N) is 1. The third-order valence-electron chi connectivity index (χ3n) is 2.54. The van der Waals surface area contributed by atoms with Crippen molar-refractivity contribution < 1.29 is 4.74 Å². The number of hydrogen-bond acceptors (Lipinski definition) is 3. The average Bonchev–Trinajstić information content (AvgIpc) is 3.03. The number of methoxy groups -OCH3 is 1. The van der Waals surface area contributed by atoms with Crippen LogP contribution in [-0.4, -0.2) is 18.6 Å². The second kappa shape index (κ2) is 4.42. The van der Waals surface area contributed by atoms with E-state index in [2.05, 4.69) is 10.3 Å². The summed E-state index contributed by atoms with van der Waals surface area (Å²) in [5.41, 5.74) is 1.18. The maximum absolute atomic E-state index is 5.22. The molecule has 1 fully saturated rings. The van der Waals surface area contributed by atoms with Crippen molar-refractivity contribution in [1.82, 2.24) is 10.3 Å². The first kappa shape index (κ1) is 9.46. The number of hydrogen-bond donors (Lipinski definition) is 1. The molecular formula is C11H16N2O. The number of pyridine rings is 1. The fourth-order valence-corrected chi connectivity index (χ4v) is 1.47. The highest BCUT2D eigenvalue weighted by molar-refractivity contribution is 5.29. The van der Waals surface area contributed by atoms with Crippen molar-refractivity contribution in [1.29, 1.82) is 0 Å². The molecule has 0 atom stereocenters. The minimum absolute atomic E-state index is 0.871. The van der Waals surface area contributed by atoms with Crippen LogP contribution in [0.1, 0.15) is 18.4 Å². The van der Waals surface area contributed by atoms with Crippen molar-refractivity contribution in [2.45, 2.75) is 19.4 Å². The maximum Gasteiger partial charge on any atom is 0.141 e. The van der Waals surface area contributed by atoms with E-state index in [0.717, 1.165) is 24.8 Å². The smallest absolute Gasteiger partial charge is 0.141 e. The Morgan fingerprint density at radius 3 is 3.14 bits per heavy atom. The van der Waals surface area contributed by atoms with Gasteiger partial charge in [0.25, 0.3) is 0 Å². The Bertz CT molecular complexity index is 297. The lowest BCUT2D eigenvalue weighted by molar-refractivity contribution is 0.405. The molecule has 1 aliphatic rings. The molecule has 0 radical (unpaired) electrons. The number of ether oxygens (including phenoxy) is 1. The molecule has 0 amide bonds. The van der Waals surface area contributed by atoms with Crippen LogP contribution in [0.4, 0.5) is 0 Å². The molecule has 2 rings (SSSR count). The van der Waals surface area contributed by atoms with Crippen LogP contribution in [0.25, 0.3) is 0 Å². The van der Waals surface area contributed by atoms with Gasteiger partial charge >= 0.3 is 0 Å². The Kier molecular flexibility index (Phi) is 2.99. The minimum Gasteiger partial charge on any atom is -0.495 e. The Labute approximate surface area is 84.5 Å². The zero-order chi connectivity index (χ0) is 9.80. The highest BCUT2D eigenvalue weighted by atomic mass is 16.5. The fourth-order valence-electron chi connectivity index (χ4n) is 1.47. The number of rotatable bonds is 5. The van der Waals surface area contributed by atoms with Crippen LogP contribution in [0, 0.1) is 5.92 Å². The molecule has 1 heterocycles. The van der Waals surface area contributed by atoms with E-state index in [4.69, 9.17) is 4.74 Å². The van der Waals surface area contributed by atoms with Crippen molar-refractivity contribution in [2.24, 2.45) is 5.92 Å². The minimum atomic E-state index is 0.871. The fraction of sp³-hybridized carbons (Fsp3) is 0.545. The predicted molar refractivity (Wildman–Crippen MR) is 55.2 cm³/mol. The van der Waals surface area contributed by atoms with Crippen molar-refractivity contribution >= 4 is 0 Å². The number of nitrogens with one attached hydrogen (secondary N) is 1. The summed E-state index contributed by atoms with van der Waals surface area (Å²) in [7, 11) is 1.68. The molecule has 0 unspecified atom stereocenters. The maximum atomic E-state index is 5.22. The molecule has 1 N–H and O–H groups in total. The monoisotopic (exact) mass is 192 g/mol. The van der Waals surface area contributed by atoms with E-state index >= 15 is 0 Å². The van der Waals surface area contributed by atoms with Crippen molar-refractivity contribution in [3.63, 3.8) is 0 Å². The van der Waals surface area contributed by atoms with Crippen LogP contribution in [0.15, 0.2) is 18.5 Å². The SMILES string of the molecule is COc1cnccc1CNCC1CC1. The second-order valence-electron chi connectivity index (χ2n) is 3.76. The molecule has 1 aromatic heterocycles. The van der Waals surface area contributed by atoms with Gasteiger partial charge in [0.1, 0.15) is 5.75 Å². The first-order chi connectivity index (χ1) is 6.90. The van der Waals surface area contributed by atoms with Gasteiger partial charge in [-0.25, -0.2) is 0 Å². The van der Waals surface area contributed by atoms with Crippen LogP contribution >= 0.6 is 0 Å². The highest BCUT2D eigenvalue weighted by Gasteiger charge is 2.20. The van der Waals surface area contributed by atoms with Gasteiger partial charge in [0.05, 0.1) is 13.3 Å². The van der Waals surface area contributed by atoms with Crippen LogP contribution in [0.3, 0.4) is 0 Å². The van der Waals surface area contributed by atoms with E-state index < -0.39 is 0 Å². The Morgan fingerprint density at radius 2 is 2.43 bits per heavy atom. The van der Waals surface area contributed by atoms with Gasteiger partial charge in [-0.15, -0.1) is 0 Å². The summed E-state index contributed by atoms with van der Waals surface area (Å²) in [6.45, 7) is 2.01. The van der Waals surface area contributed by atoms with Crippen LogP contribution in [-0.2, 0) is 6.54 Å². The quantitative estimate of drug-likeness (QED) is 0.769. The van der Waals surface area contributed by atoms with Gasteiger partial charge in [0.2, 0.25) is 0 Å². The van der Waals surface area contributed by atoms with Gasteiger partial charge in [-0.1, -0.05) is 0 Å². The molecule has 1 aliphatic carbocycles. The predicted octanol–water partition coefficient (Wildman–Crippen LogP) is 1.59. The van der Waals surface area contributed by atoms with E-state index in [1.54, 1.807) is 19.5 Å². The van der Waals surface area contributed by atoms with Crippen molar-refractivity contribution in [2.75, 3.05) is 13.7 Å². The lowest BCUT2D eigenvalue weighted by Crippen LogP contribution is -2.16. The summed E-state index contributed by atoms with van der Waals surface area (Å²) < 4.78 is 5.22. The summed E-state index contributed by atoms with van der Waals surface area (Å²) >= 11 is 0. The molecular weight excluding hydrogens is 176 g/mol. The van der Waals surface area contributed by atoms with Crippen LogP contribution < -0.4 is 10.1 Å². The molecule has 0 saturated heterocycles. The Balaban J connectivity index is 1.86. The van der Waals surface area contributed by atoms with Crippen LogP contribution in [0.2, 0.25) is 0 Å². The average molecular weight is 192 g/mol. The van der Waals surface area contributed by atoms with Gasteiger partial charge in [-0.3, -0.25) is 4.98 Å². The zero-order valence-corrected chi connectivity index (χ0v) is 8.49. The lowest BCUT2D eigenvalue weighted by atomic mass is 10.2. The molecule has 0 bridgehead atoms. The van der Waals surface area contributed by atoms with Gasteiger partial charge in [0, 0.05) is 18.3 Å². The van der Waals surface area contributed by atoms with E-state index in [0.29, 0.717) is 0 Å². The summed E-state index contributed by atoms with van der Waals surface area (Å²) in [5.74, 6) is 1.79. The first-order valence-electron chi connectivity index (χ1n) is 5.07. The topological polar surface area (TPSA) is 34.1 Å². The van der Waals surface area contributed by atoms with E-state index in [1.807, 2.05) is 6.07 Å². The molecule has 0 spiro atoms. The lowest BCUT2D eigenvalue weighted by Gasteiger charge is -2.08. The zero-order valence-electron chi connectivity index (χ0n) is 8.49. The molecule has 0 aliphatic heterocycles. The third-order valence-corrected chi connectivity index (χ3v) is 2.54. The molecule has 3 heteroatoms. The van der Waals surface area contributed by atoms with Gasteiger partial charge in [-0.05, 0) is 31.4 Å². The third kappa shape index (κ3) is 2.45.